The van der Waals surface area contributed by atoms with Crippen molar-refractivity contribution < 1.29 is 99.0 Å². The number of nitrogens with one attached hydrogen (secondary N) is 1. The molecule has 1 heterocycles. The Morgan fingerprint density at radius 2 is 1.72 bits per heavy atom. The summed E-state index contributed by atoms with van der Waals surface area (Å²) in [5.74, 6) is -7.16. The maximum atomic E-state index is 11.2. The number of ether oxygens (including phenoxy) is 2. The molecule has 3 rings (SSSR count). The zero-order valence-corrected chi connectivity index (χ0v) is 22.6. The van der Waals surface area contributed by atoms with E-state index in [0.717, 1.165) is 5.56 Å². The van der Waals surface area contributed by atoms with Crippen molar-refractivity contribution in [2.75, 3.05) is 6.54 Å². The molecule has 0 spiro atoms. The van der Waals surface area contributed by atoms with Gasteiger partial charge in [-0.15, -0.1) is 0 Å². The van der Waals surface area contributed by atoms with Crippen molar-refractivity contribution in [3.05, 3.63) is 58.6 Å². The van der Waals surface area contributed by atoms with Crippen LogP contribution < -0.4 is 84.1 Å². The molecule has 162 valence electrons. The van der Waals surface area contributed by atoms with Crippen molar-refractivity contribution >= 4 is 23.5 Å². The van der Waals surface area contributed by atoms with E-state index in [1.165, 1.54) is 12.1 Å². The Balaban J connectivity index is 0.00000320. The average Bonchev–Trinajstić information content (AvgIpc) is 3.06. The largest absolute Gasteiger partial charge is 1.00 e. The van der Waals surface area contributed by atoms with Crippen LogP contribution in [0, 0.1) is 0 Å². The van der Waals surface area contributed by atoms with Crippen molar-refractivity contribution in [2.45, 2.75) is 31.3 Å². The molecular weight excluding hydrogens is 464 g/mol. The van der Waals surface area contributed by atoms with Crippen molar-refractivity contribution in [2.24, 2.45) is 0 Å². The van der Waals surface area contributed by atoms with Crippen LogP contribution >= 0.6 is 11.6 Å². The van der Waals surface area contributed by atoms with Crippen LogP contribution in [0.3, 0.4) is 0 Å². The monoisotopic (exact) mass is 483 g/mol. The molecule has 0 fully saturated rings. The van der Waals surface area contributed by atoms with E-state index in [2.05, 4.69) is 5.32 Å². The summed E-state index contributed by atoms with van der Waals surface area (Å²) in [7, 11) is 0. The van der Waals surface area contributed by atoms with Gasteiger partial charge in [-0.2, -0.15) is 0 Å². The Morgan fingerprint density at radius 3 is 2.31 bits per heavy atom. The minimum absolute atomic E-state index is 0. The predicted octanol–water partition coefficient (Wildman–Crippen LogP) is -7.26. The molecule has 0 aliphatic carbocycles. The molecule has 0 unspecified atom stereocenters. The Morgan fingerprint density at radius 1 is 1.09 bits per heavy atom. The van der Waals surface area contributed by atoms with Crippen LogP contribution in [0.15, 0.2) is 42.5 Å². The Kier molecular flexibility index (Phi) is 12.8. The van der Waals surface area contributed by atoms with Crippen LogP contribution in [0.5, 0.6) is 11.5 Å². The third-order valence-corrected chi connectivity index (χ3v) is 4.72. The number of aliphatic hydroxyl groups excluding tert-OH is 1. The minimum Gasteiger partial charge on any atom is -0.542 e. The molecular formula is C20H20ClNNa2O8. The molecule has 0 saturated carbocycles. The van der Waals surface area contributed by atoms with E-state index in [1.54, 1.807) is 30.3 Å². The molecule has 0 bridgehead atoms. The second-order valence-corrected chi connectivity index (χ2v) is 7.20. The average molecular weight is 484 g/mol. The molecule has 0 radical (unpaired) electrons. The number of carboxylic acids is 2. The van der Waals surface area contributed by atoms with Gasteiger partial charge in [-0.25, -0.2) is 0 Å². The first kappa shape index (κ1) is 31.1. The standard InChI is InChI=1S/C20H20ClNO7.2Na.H2O/c1-11(22-10-15(23)13-3-2-4-14(21)9-13)7-12-5-6-16-17(8-12)29-20(28-16,18(24)25)19(26)27;;;/h2-6,8-9,11,15,22-23H,7,10H2,1H3,(H,24,25)(H,26,27);;;1H2/q;2*+1;/p-2/t11-,15-;;;/m1.../s1. The Labute approximate surface area is 233 Å². The smallest absolute Gasteiger partial charge is 0.542 e. The maximum Gasteiger partial charge on any atom is 1.00 e. The van der Waals surface area contributed by atoms with Gasteiger partial charge < -0.3 is 45.2 Å². The third-order valence-electron chi connectivity index (χ3n) is 4.49. The first-order valence-corrected chi connectivity index (χ1v) is 9.20. The number of hydrogen-bond donors (Lipinski definition) is 2. The van der Waals surface area contributed by atoms with E-state index in [-0.39, 0.29) is 82.1 Å². The number of hydrogen-bond acceptors (Lipinski definition) is 8. The molecule has 0 aromatic heterocycles. The molecule has 1 aliphatic heterocycles. The SMILES string of the molecule is C[C@H](Cc1ccc2c(c1)OC(C(=O)[O-])(C(=O)[O-])O2)NC[C@@H](O)c1cccc(Cl)c1.O.[Na+].[Na+]. The summed E-state index contributed by atoms with van der Waals surface area (Å²) in [6.07, 6.45) is -0.234. The van der Waals surface area contributed by atoms with Gasteiger partial charge in [0.2, 0.25) is 0 Å². The number of carboxylic acid groups (broad SMARTS) is 2. The van der Waals surface area contributed by atoms with Gasteiger partial charge in [0.25, 0.3) is 0 Å². The fourth-order valence-corrected chi connectivity index (χ4v) is 3.19. The van der Waals surface area contributed by atoms with Crippen LogP contribution in [-0.2, 0) is 16.0 Å². The summed E-state index contributed by atoms with van der Waals surface area (Å²) in [5.41, 5.74) is 1.44. The van der Waals surface area contributed by atoms with Gasteiger partial charge in [-0.1, -0.05) is 29.8 Å². The molecule has 2 aromatic carbocycles. The molecule has 0 amide bonds. The number of carbonyl (C=O) groups is 2. The van der Waals surface area contributed by atoms with E-state index < -0.39 is 23.8 Å². The molecule has 32 heavy (non-hydrogen) atoms. The summed E-state index contributed by atoms with van der Waals surface area (Å²) in [6.45, 7) is 2.20. The topological polar surface area (TPSA) is 162 Å². The van der Waals surface area contributed by atoms with Crippen molar-refractivity contribution in [3.8, 4) is 11.5 Å². The van der Waals surface area contributed by atoms with E-state index in [4.69, 9.17) is 21.1 Å². The zero-order chi connectivity index (χ0) is 21.2. The van der Waals surface area contributed by atoms with E-state index in [1.807, 2.05) is 6.92 Å². The van der Waals surface area contributed by atoms with Gasteiger partial charge in [0, 0.05) is 17.6 Å². The Hall–Kier alpha value is -0.850. The van der Waals surface area contributed by atoms with Crippen molar-refractivity contribution in [1.29, 1.82) is 0 Å². The van der Waals surface area contributed by atoms with Gasteiger partial charge in [0.1, 0.15) is 11.9 Å². The first-order valence-electron chi connectivity index (χ1n) is 8.82. The number of aliphatic carboxylic acids is 2. The van der Waals surface area contributed by atoms with Crippen LogP contribution in [0.2, 0.25) is 5.02 Å². The van der Waals surface area contributed by atoms with Gasteiger partial charge in [0.15, 0.2) is 11.5 Å². The zero-order valence-electron chi connectivity index (χ0n) is 17.9. The van der Waals surface area contributed by atoms with Gasteiger partial charge in [-0.05, 0) is 48.7 Å². The molecule has 1 aliphatic rings. The van der Waals surface area contributed by atoms with E-state index >= 15 is 0 Å². The van der Waals surface area contributed by atoms with Crippen molar-refractivity contribution in [1.82, 2.24) is 5.32 Å². The van der Waals surface area contributed by atoms with Crippen molar-refractivity contribution in [3.63, 3.8) is 0 Å². The van der Waals surface area contributed by atoms with Crippen LogP contribution in [0.25, 0.3) is 0 Å². The molecule has 2 aromatic rings. The van der Waals surface area contributed by atoms with Crippen LogP contribution in [-0.4, -0.2) is 40.9 Å². The normalized spacial score (nSPS) is 14.7. The molecule has 4 N–H and O–H groups in total. The number of benzene rings is 2. The number of carbonyl (C=O) groups excluding carboxylic acids is 2. The molecule has 0 saturated heterocycles. The van der Waals surface area contributed by atoms with Crippen LogP contribution in [0.4, 0.5) is 0 Å². The second kappa shape index (κ2) is 13.1. The van der Waals surface area contributed by atoms with E-state index in [9.17, 15) is 24.9 Å². The summed E-state index contributed by atoms with van der Waals surface area (Å²) < 4.78 is 9.90. The second-order valence-electron chi connectivity index (χ2n) is 6.76. The van der Waals surface area contributed by atoms with Gasteiger partial charge in [0.05, 0.1) is 6.10 Å². The number of aliphatic hydroxyl groups is 1. The number of rotatable bonds is 8. The number of fused-ring (bicyclic) bond motifs is 1. The van der Waals surface area contributed by atoms with Crippen LogP contribution in [0.1, 0.15) is 24.2 Å². The number of halogens is 1. The third kappa shape index (κ3) is 7.07. The molecule has 9 nitrogen and oxygen atoms in total. The fraction of sp³-hybridized carbons (Fsp3) is 0.300. The summed E-state index contributed by atoms with van der Waals surface area (Å²) >= 11 is 5.93. The van der Waals surface area contributed by atoms with E-state index in [0.29, 0.717) is 23.6 Å². The van der Waals surface area contributed by atoms with Gasteiger partial charge in [-0.3, -0.25) is 0 Å². The Bertz CT molecular complexity index is 932. The molecule has 2 atom stereocenters. The quantitative estimate of drug-likeness (QED) is 0.276. The first-order chi connectivity index (χ1) is 13.7. The molecule has 12 heteroatoms. The minimum atomic E-state index is -2.99. The van der Waals surface area contributed by atoms with Gasteiger partial charge >= 0.3 is 64.9 Å². The fourth-order valence-electron chi connectivity index (χ4n) is 2.99. The summed E-state index contributed by atoms with van der Waals surface area (Å²) in [6, 6.07) is 11.5. The summed E-state index contributed by atoms with van der Waals surface area (Å²) in [5, 5.41) is 36.3. The summed E-state index contributed by atoms with van der Waals surface area (Å²) in [4.78, 5) is 22.3. The predicted molar refractivity (Wildman–Crippen MR) is 102 cm³/mol. The maximum absolute atomic E-state index is 11.2.